The number of likely N-dealkylation sites (N-methyl/N-ethyl adjacent to an activating group) is 3. The summed E-state index contributed by atoms with van der Waals surface area (Å²) in [5.41, 5.74) is -4.93. The van der Waals surface area contributed by atoms with Gasteiger partial charge in [0.15, 0.2) is 17.5 Å². The average Bonchev–Trinajstić information content (AvgIpc) is 0.741. The van der Waals surface area contributed by atoms with Crippen molar-refractivity contribution in [2.24, 2.45) is 5.92 Å². The molecule has 0 bridgehead atoms. The molecule has 6 aromatic carbocycles. The molecule has 37 heteroatoms. The number of nitrogens with zero attached hydrogens (tertiary/aromatic N) is 17. The maximum atomic E-state index is 17.3. The lowest BCUT2D eigenvalue weighted by molar-refractivity contribution is -0.132. The Labute approximate surface area is 798 Å². The number of hydrogen-bond donors (Lipinski definition) is 3. The number of amides is 5. The van der Waals surface area contributed by atoms with Crippen LogP contribution in [-0.2, 0) is 24.0 Å². The van der Waals surface area contributed by atoms with Gasteiger partial charge in [0.25, 0.3) is 28.5 Å². The van der Waals surface area contributed by atoms with Crippen LogP contribution in [0.25, 0.3) is 83.2 Å². The maximum absolute atomic E-state index is 17.3. The smallest absolute Gasteiger partial charge is 0.281 e. The normalized spacial score (nSPS) is 17.9. The van der Waals surface area contributed by atoms with E-state index in [0.717, 1.165) is 96.7 Å². The number of aromatic hydroxyl groups is 3. The van der Waals surface area contributed by atoms with E-state index in [1.54, 1.807) is 28.5 Å². The van der Waals surface area contributed by atoms with Crippen LogP contribution in [0.2, 0.25) is 0 Å². The predicted molar refractivity (Wildman–Crippen MR) is 516 cm³/mol. The zero-order valence-corrected chi connectivity index (χ0v) is 80.2. The molecule has 0 saturated carbocycles. The molecule has 28 nitrogen and oxygen atoms in total. The summed E-state index contributed by atoms with van der Waals surface area (Å²) in [5.74, 6) is -16.1. The highest BCUT2D eigenvalue weighted by atomic mass is 19.2. The summed E-state index contributed by atoms with van der Waals surface area (Å²) in [5, 5.41) is 31.7. The second-order valence-corrected chi connectivity index (χ2v) is 38.1. The third-order valence-corrected chi connectivity index (χ3v) is 27.1. The van der Waals surface area contributed by atoms with E-state index in [1.807, 2.05) is 90.0 Å². The lowest BCUT2D eigenvalue weighted by Crippen LogP contribution is -2.66. The Morgan fingerprint density at radius 1 is 0.350 bits per heavy atom. The van der Waals surface area contributed by atoms with Crippen LogP contribution in [0.15, 0.2) is 131 Å². The second kappa shape index (κ2) is 37.2. The monoisotopic (exact) mass is 1930 g/mol. The van der Waals surface area contributed by atoms with Crippen LogP contribution in [0.3, 0.4) is 0 Å². The molecule has 3 fully saturated rings. The van der Waals surface area contributed by atoms with Gasteiger partial charge in [0, 0.05) is 69.0 Å². The Kier molecular flexibility index (Phi) is 26.1. The molecule has 0 spiro atoms. The summed E-state index contributed by atoms with van der Waals surface area (Å²) in [6.07, 6.45) is 7.68. The summed E-state index contributed by atoms with van der Waals surface area (Å²) in [6, 6.07) is 9.45. The van der Waals surface area contributed by atoms with Gasteiger partial charge >= 0.3 is 0 Å². The molecule has 140 heavy (non-hydrogen) atoms. The Morgan fingerprint density at radius 2 is 0.607 bits per heavy atom. The molecule has 5 amide bonds. The number of piperazine rings is 2. The maximum Gasteiger partial charge on any atom is 0.281 e. The minimum absolute atomic E-state index is 0.0126. The SMILES string of the molecule is C=CC(=O)N1C[C@@H]2C(=O)N(C)c3c(c4cc(F)c(-c5c(O)cccc5F)c(F)c4n(-c4c(C(C)C)ncnc4C(C)C)c3=O)N2C[C@H]1C.C=CC(=O)N1C[C@@H]2C(=O)N(C)c3c(c4cc(F)c(-c5c(O)cccc5F)c(F)c4n(-c4c(C(C)C)ncnc4C(C)C)c3=O)N2C[C@H]1C.CC(C)c1ncnc(C(C)C)c1-n1c(=O)c2c(c3cc(F)c(-c4c(O)cccc4F)c(F)c31)N1C[C@@H](C)CC[C@@H]1C(=O)N2C. The molecule has 18 rings (SSSR count). The zero-order chi connectivity index (χ0) is 102. The van der Waals surface area contributed by atoms with Crippen molar-refractivity contribution in [2.75, 3.05) is 83.3 Å². The van der Waals surface area contributed by atoms with Crippen molar-refractivity contribution in [2.45, 2.75) is 182 Å². The first-order valence-electron chi connectivity index (χ1n) is 46.1. The highest BCUT2D eigenvalue weighted by Crippen LogP contribution is 2.53. The number of phenols is 3. The standard InChI is InChI=1S/2C35H35F3N6O4.C33H34F3N5O3/c2*1-8-24(46)42-14-22-34(47)41(7)33-31(43(22)13-18(42)6)19-12-21(37)26(25-20(36)10-9-11-23(25)45)27(38)30(19)44(35(33)48)32-28(16(2)3)39-15-40-29(32)17(4)5;1-15(2)26-30(27(16(3)4)38-14-37-26)41-28-18(12-20(35)24(25(28)36)23-19(34)8-7-9-22(23)42)29-31(33(41)44)39(6)32(43)21-11-10-17(5)13-40(21)29/h2*8-12,15-18,22,45H,1,13-14H2,2-7H3;7-9,12,14-17,21,42H,10-11,13H2,1-6H3/t2*18-,22-;17-,21+/m110/s1. The average molecular weight is 1930 g/mol. The third kappa shape index (κ3) is 15.7. The van der Waals surface area contributed by atoms with Crippen LogP contribution in [0, 0.1) is 58.3 Å². The molecule has 6 atom stereocenters. The number of rotatable bonds is 14. The number of halogens is 9. The van der Waals surface area contributed by atoms with Gasteiger partial charge in [-0.15, -0.1) is 0 Å². The van der Waals surface area contributed by atoms with E-state index >= 15 is 39.5 Å². The van der Waals surface area contributed by atoms with E-state index in [-0.39, 0.29) is 158 Å². The van der Waals surface area contributed by atoms with Gasteiger partial charge in [-0.05, 0) is 135 Å². The van der Waals surface area contributed by atoms with E-state index < -0.39 is 173 Å². The van der Waals surface area contributed by atoms with E-state index in [4.69, 9.17) is 0 Å². The molecule has 0 radical (unpaired) electrons. The molecule has 3 saturated heterocycles. The van der Waals surface area contributed by atoms with Crippen LogP contribution in [0.1, 0.15) is 186 Å². The van der Waals surface area contributed by atoms with Gasteiger partial charge in [0.1, 0.15) is 106 Å². The third-order valence-electron chi connectivity index (χ3n) is 27.1. The Hall–Kier alpha value is -14.8. The fraction of sp³-hybridized carbons (Fsp3) is 0.359. The summed E-state index contributed by atoms with van der Waals surface area (Å²) < 4.78 is 150. The first-order valence-corrected chi connectivity index (χ1v) is 46.1. The van der Waals surface area contributed by atoms with Crippen LogP contribution in [0.4, 0.5) is 73.6 Å². The Morgan fingerprint density at radius 3 is 0.857 bits per heavy atom. The number of benzene rings is 6. The molecule has 6 aliphatic heterocycles. The number of hydrogen-bond acceptors (Lipinski definition) is 20. The first-order chi connectivity index (χ1) is 66.3. The number of phenolic OH excluding ortho intramolecular Hbond substituents is 3. The van der Waals surface area contributed by atoms with Gasteiger partial charge in [-0.2, -0.15) is 0 Å². The van der Waals surface area contributed by atoms with Crippen molar-refractivity contribution < 1.29 is 78.8 Å². The fourth-order valence-corrected chi connectivity index (χ4v) is 20.5. The van der Waals surface area contributed by atoms with Crippen molar-refractivity contribution in [3.05, 3.63) is 235 Å². The van der Waals surface area contributed by atoms with E-state index in [9.17, 15) is 53.7 Å². The van der Waals surface area contributed by atoms with Gasteiger partial charge in [0.05, 0.1) is 131 Å². The number of fused-ring (bicyclic) bond motifs is 15. The van der Waals surface area contributed by atoms with Crippen molar-refractivity contribution in [1.82, 2.24) is 53.4 Å². The number of carbonyl (C=O) groups excluding carboxylic acids is 5. The molecule has 3 N–H and O–H groups in total. The lowest BCUT2D eigenvalue weighted by Gasteiger charge is -2.50. The Balaban J connectivity index is 0.000000152. The van der Waals surface area contributed by atoms with Crippen molar-refractivity contribution in [1.29, 1.82) is 0 Å². The van der Waals surface area contributed by atoms with E-state index in [2.05, 4.69) is 43.1 Å². The molecular weight excluding hydrogens is 1820 g/mol. The number of anilines is 6. The van der Waals surface area contributed by atoms with Gasteiger partial charge < -0.3 is 54.5 Å². The minimum Gasteiger partial charge on any atom is -0.507 e. The molecule has 0 unspecified atom stereocenters. The number of carbonyl (C=O) groups is 5. The van der Waals surface area contributed by atoms with Crippen LogP contribution >= 0.6 is 0 Å². The molecule has 0 aliphatic carbocycles. The Bertz CT molecular complexity index is 7030. The fourth-order valence-electron chi connectivity index (χ4n) is 20.5. The first kappa shape index (κ1) is 98.2. The molecule has 730 valence electrons. The van der Waals surface area contributed by atoms with Gasteiger partial charge in [-0.25, -0.2) is 69.4 Å². The summed E-state index contributed by atoms with van der Waals surface area (Å²) >= 11 is 0. The quantitative estimate of drug-likeness (QED) is 0.0673. The molecule has 12 aromatic rings. The van der Waals surface area contributed by atoms with Crippen LogP contribution in [0.5, 0.6) is 17.2 Å². The molecular formula is C103H104F9N17O11. The van der Waals surface area contributed by atoms with E-state index in [1.165, 1.54) is 73.0 Å². The van der Waals surface area contributed by atoms with Gasteiger partial charge in [0.2, 0.25) is 17.7 Å². The number of pyridine rings is 3. The highest BCUT2D eigenvalue weighted by molar-refractivity contribution is 6.16. The van der Waals surface area contributed by atoms with Crippen LogP contribution in [-0.4, -0.2) is 182 Å². The summed E-state index contributed by atoms with van der Waals surface area (Å²) in [7, 11) is 4.31. The highest BCUT2D eigenvalue weighted by Gasteiger charge is 2.51. The topological polar surface area (TPSA) is 315 Å². The molecule has 6 aliphatic rings. The van der Waals surface area contributed by atoms with E-state index in [0.29, 0.717) is 47.1 Å². The minimum atomic E-state index is -1.30. The van der Waals surface area contributed by atoms with Gasteiger partial charge in [-0.1, -0.05) is 121 Å². The van der Waals surface area contributed by atoms with Crippen LogP contribution < -0.4 is 46.1 Å². The molecule has 6 aromatic heterocycles. The predicted octanol–water partition coefficient (Wildman–Crippen LogP) is 17.2. The lowest BCUT2D eigenvalue weighted by atomic mass is 9.89. The number of piperidine rings is 1. The largest absolute Gasteiger partial charge is 0.507 e. The zero-order valence-electron chi connectivity index (χ0n) is 80.2. The summed E-state index contributed by atoms with van der Waals surface area (Å²) in [4.78, 5) is 150. The van der Waals surface area contributed by atoms with Crippen molar-refractivity contribution in [3.63, 3.8) is 0 Å². The molecule has 12 heterocycles. The van der Waals surface area contributed by atoms with Gasteiger partial charge in [-0.3, -0.25) is 52.1 Å². The van der Waals surface area contributed by atoms with Crippen molar-refractivity contribution >= 4 is 96.4 Å². The number of aromatic nitrogens is 9. The summed E-state index contributed by atoms with van der Waals surface area (Å²) in [6.45, 7) is 35.2. The van der Waals surface area contributed by atoms with Crippen molar-refractivity contribution in [3.8, 4) is 67.7 Å². The second-order valence-electron chi connectivity index (χ2n) is 38.1.